The Labute approximate surface area is 105 Å². The van der Waals surface area contributed by atoms with E-state index in [0.717, 1.165) is 12.3 Å². The average molecular weight is 235 g/mol. The highest BCUT2D eigenvalue weighted by atomic mass is 16.5. The molecule has 0 fully saturated rings. The molecule has 2 nitrogen and oxygen atoms in total. The van der Waals surface area contributed by atoms with Gasteiger partial charge >= 0.3 is 0 Å². The van der Waals surface area contributed by atoms with Crippen LogP contribution in [0.4, 0.5) is 0 Å². The minimum absolute atomic E-state index is 0.0313. The van der Waals surface area contributed by atoms with Gasteiger partial charge in [-0.15, -0.1) is 0 Å². The highest BCUT2D eigenvalue weighted by Crippen LogP contribution is 2.11. The number of hydrogen-bond acceptors (Lipinski definition) is 2. The van der Waals surface area contributed by atoms with Gasteiger partial charge in [-0.05, 0) is 38.9 Å². The van der Waals surface area contributed by atoms with Gasteiger partial charge in [-0.1, -0.05) is 38.0 Å². The number of para-hydroxylation sites is 1. The smallest absolute Gasteiger partial charge is 0.119 e. The number of nitrogens with one attached hydrogen (secondary N) is 1. The molecule has 0 spiro atoms. The molecule has 0 unspecified atom stereocenters. The van der Waals surface area contributed by atoms with Crippen molar-refractivity contribution >= 4 is 0 Å². The molecule has 0 saturated carbocycles. The van der Waals surface area contributed by atoms with Crippen LogP contribution < -0.4 is 10.1 Å². The Kier molecular flexibility index (Phi) is 6.06. The first-order chi connectivity index (χ1) is 8.14. The summed E-state index contributed by atoms with van der Waals surface area (Å²) in [6.45, 7) is 8.36. The average Bonchev–Trinajstić information content (AvgIpc) is 2.34. The van der Waals surface area contributed by atoms with Crippen molar-refractivity contribution in [2.75, 3.05) is 13.2 Å². The number of rotatable bonds is 8. The highest BCUT2D eigenvalue weighted by Gasteiger charge is 2.17. The lowest BCUT2D eigenvalue weighted by Gasteiger charge is -2.26. The SMILES string of the molecule is CCCCCNC(C)(C)COc1ccccc1. The maximum absolute atomic E-state index is 5.77. The maximum Gasteiger partial charge on any atom is 0.119 e. The lowest BCUT2D eigenvalue weighted by molar-refractivity contribution is 0.208. The predicted molar refractivity (Wildman–Crippen MR) is 73.5 cm³/mol. The largest absolute Gasteiger partial charge is 0.492 e. The van der Waals surface area contributed by atoms with Crippen LogP contribution in [0.2, 0.25) is 0 Å². The molecular formula is C15H25NO. The second-order valence-electron chi connectivity index (χ2n) is 5.12. The summed E-state index contributed by atoms with van der Waals surface area (Å²) >= 11 is 0. The maximum atomic E-state index is 5.77. The molecule has 0 atom stereocenters. The predicted octanol–water partition coefficient (Wildman–Crippen LogP) is 3.62. The molecule has 0 amide bonds. The Bertz CT molecular complexity index is 295. The molecule has 1 N–H and O–H groups in total. The Balaban J connectivity index is 2.24. The summed E-state index contributed by atoms with van der Waals surface area (Å²) in [7, 11) is 0. The quantitative estimate of drug-likeness (QED) is 0.695. The van der Waals surface area contributed by atoms with E-state index in [1.54, 1.807) is 0 Å². The van der Waals surface area contributed by atoms with Crippen LogP contribution in [0, 0.1) is 0 Å². The normalized spacial score (nSPS) is 11.5. The summed E-state index contributed by atoms with van der Waals surface area (Å²) in [5.41, 5.74) is 0.0313. The molecule has 96 valence electrons. The van der Waals surface area contributed by atoms with Gasteiger partial charge in [-0.2, -0.15) is 0 Å². The van der Waals surface area contributed by atoms with Crippen molar-refractivity contribution in [1.82, 2.24) is 5.32 Å². The minimum Gasteiger partial charge on any atom is -0.492 e. The van der Waals surface area contributed by atoms with Crippen molar-refractivity contribution in [2.24, 2.45) is 0 Å². The molecule has 2 heteroatoms. The van der Waals surface area contributed by atoms with E-state index in [-0.39, 0.29) is 5.54 Å². The van der Waals surface area contributed by atoms with Crippen molar-refractivity contribution in [3.05, 3.63) is 30.3 Å². The van der Waals surface area contributed by atoms with Crippen molar-refractivity contribution in [3.8, 4) is 5.75 Å². The Morgan fingerprint density at radius 2 is 1.82 bits per heavy atom. The first-order valence-corrected chi connectivity index (χ1v) is 6.57. The van der Waals surface area contributed by atoms with E-state index in [1.807, 2.05) is 30.3 Å². The second-order valence-corrected chi connectivity index (χ2v) is 5.12. The van der Waals surface area contributed by atoms with Crippen LogP contribution in [0.15, 0.2) is 30.3 Å². The molecule has 0 aliphatic heterocycles. The van der Waals surface area contributed by atoms with E-state index in [1.165, 1.54) is 19.3 Å². The van der Waals surface area contributed by atoms with Gasteiger partial charge in [0.1, 0.15) is 12.4 Å². The molecule has 0 aliphatic carbocycles. The highest BCUT2D eigenvalue weighted by molar-refractivity contribution is 5.21. The second kappa shape index (κ2) is 7.33. The van der Waals surface area contributed by atoms with Gasteiger partial charge in [-0.3, -0.25) is 0 Å². The zero-order valence-corrected chi connectivity index (χ0v) is 11.3. The van der Waals surface area contributed by atoms with E-state index >= 15 is 0 Å². The number of benzene rings is 1. The summed E-state index contributed by atoms with van der Waals surface area (Å²) in [6.07, 6.45) is 3.80. The van der Waals surface area contributed by atoms with E-state index in [4.69, 9.17) is 4.74 Å². The van der Waals surface area contributed by atoms with Crippen molar-refractivity contribution < 1.29 is 4.74 Å². The summed E-state index contributed by atoms with van der Waals surface area (Å²) in [5.74, 6) is 0.941. The van der Waals surface area contributed by atoms with Crippen LogP contribution >= 0.6 is 0 Å². The fourth-order valence-electron chi connectivity index (χ4n) is 1.63. The lowest BCUT2D eigenvalue weighted by atomic mass is 10.1. The van der Waals surface area contributed by atoms with Crippen molar-refractivity contribution in [3.63, 3.8) is 0 Å². The molecule has 0 saturated heterocycles. The zero-order valence-electron chi connectivity index (χ0n) is 11.3. The first-order valence-electron chi connectivity index (χ1n) is 6.57. The Morgan fingerprint density at radius 3 is 2.47 bits per heavy atom. The molecule has 0 bridgehead atoms. The third-order valence-electron chi connectivity index (χ3n) is 2.73. The van der Waals surface area contributed by atoms with E-state index < -0.39 is 0 Å². The van der Waals surface area contributed by atoms with Gasteiger partial charge in [0.2, 0.25) is 0 Å². The van der Waals surface area contributed by atoms with E-state index in [0.29, 0.717) is 6.61 Å². The molecule has 0 radical (unpaired) electrons. The Hall–Kier alpha value is -1.02. The van der Waals surface area contributed by atoms with Crippen LogP contribution in [-0.2, 0) is 0 Å². The molecule has 1 rings (SSSR count). The van der Waals surface area contributed by atoms with Crippen LogP contribution in [0.5, 0.6) is 5.75 Å². The summed E-state index contributed by atoms with van der Waals surface area (Å²) in [4.78, 5) is 0. The molecule has 0 heterocycles. The van der Waals surface area contributed by atoms with E-state index in [2.05, 4.69) is 26.1 Å². The molecule has 0 aromatic heterocycles. The zero-order chi connectivity index (χ0) is 12.6. The summed E-state index contributed by atoms with van der Waals surface area (Å²) in [6, 6.07) is 9.98. The summed E-state index contributed by atoms with van der Waals surface area (Å²) < 4.78 is 5.77. The monoisotopic (exact) mass is 235 g/mol. The first kappa shape index (κ1) is 14.0. The van der Waals surface area contributed by atoms with Crippen LogP contribution in [-0.4, -0.2) is 18.7 Å². The van der Waals surface area contributed by atoms with Gasteiger partial charge in [0.05, 0.1) is 0 Å². The third-order valence-corrected chi connectivity index (χ3v) is 2.73. The topological polar surface area (TPSA) is 21.3 Å². The van der Waals surface area contributed by atoms with Crippen molar-refractivity contribution in [2.45, 2.75) is 45.6 Å². The molecule has 1 aromatic rings. The van der Waals surface area contributed by atoms with Gasteiger partial charge in [0.15, 0.2) is 0 Å². The van der Waals surface area contributed by atoms with Crippen molar-refractivity contribution in [1.29, 1.82) is 0 Å². The molecule has 0 aliphatic rings. The van der Waals surface area contributed by atoms with Gasteiger partial charge in [0, 0.05) is 5.54 Å². The third kappa shape index (κ3) is 6.32. The Morgan fingerprint density at radius 1 is 1.12 bits per heavy atom. The summed E-state index contributed by atoms with van der Waals surface area (Å²) in [5, 5.41) is 3.54. The van der Waals surface area contributed by atoms with Crippen LogP contribution in [0.3, 0.4) is 0 Å². The fourth-order valence-corrected chi connectivity index (χ4v) is 1.63. The standard InChI is InChI=1S/C15H25NO/c1-4-5-9-12-16-15(2,3)13-17-14-10-7-6-8-11-14/h6-8,10-11,16H,4-5,9,12-13H2,1-3H3. The number of unbranched alkanes of at least 4 members (excludes halogenated alkanes) is 2. The van der Waals surface area contributed by atoms with Crippen LogP contribution in [0.25, 0.3) is 0 Å². The molecule has 1 aromatic carbocycles. The van der Waals surface area contributed by atoms with Crippen LogP contribution in [0.1, 0.15) is 40.0 Å². The van der Waals surface area contributed by atoms with Gasteiger partial charge in [-0.25, -0.2) is 0 Å². The minimum atomic E-state index is 0.0313. The molecule has 17 heavy (non-hydrogen) atoms. The van der Waals surface area contributed by atoms with E-state index in [9.17, 15) is 0 Å². The van der Waals surface area contributed by atoms with Gasteiger partial charge < -0.3 is 10.1 Å². The number of hydrogen-bond donors (Lipinski definition) is 1. The lowest BCUT2D eigenvalue weighted by Crippen LogP contribution is -2.45. The van der Waals surface area contributed by atoms with Gasteiger partial charge in [0.25, 0.3) is 0 Å². The number of ether oxygens (including phenoxy) is 1. The molecular weight excluding hydrogens is 210 g/mol. The fraction of sp³-hybridized carbons (Fsp3) is 0.600.